The maximum absolute atomic E-state index is 4.93. The van der Waals surface area contributed by atoms with Crippen LogP contribution in [0.2, 0.25) is 0 Å². The van der Waals surface area contributed by atoms with E-state index in [9.17, 15) is 0 Å². The van der Waals surface area contributed by atoms with E-state index in [-0.39, 0.29) is 0 Å². The Hall–Kier alpha value is -1.40. The van der Waals surface area contributed by atoms with Crippen molar-refractivity contribution >= 4 is 17.2 Å². The summed E-state index contributed by atoms with van der Waals surface area (Å²) >= 11 is 1.58. The molecule has 0 aliphatic heterocycles. The number of aromatic amines is 1. The van der Waals surface area contributed by atoms with Gasteiger partial charge in [0.15, 0.2) is 0 Å². The van der Waals surface area contributed by atoms with Gasteiger partial charge in [0.25, 0.3) is 0 Å². The van der Waals surface area contributed by atoms with Gasteiger partial charge in [0, 0.05) is 31.3 Å². The summed E-state index contributed by atoms with van der Waals surface area (Å²) in [5.41, 5.74) is 0.935. The highest BCUT2D eigenvalue weighted by Gasteiger charge is 2.04. The van der Waals surface area contributed by atoms with Crippen molar-refractivity contribution in [2.75, 3.05) is 25.6 Å². The number of rotatable bonds is 5. The summed E-state index contributed by atoms with van der Waals surface area (Å²) < 4.78 is 4.93. The van der Waals surface area contributed by atoms with Gasteiger partial charge in [-0.25, -0.2) is 4.98 Å². The van der Waals surface area contributed by atoms with E-state index in [0.717, 1.165) is 23.1 Å². The quantitative estimate of drug-likeness (QED) is 0.757. The second-order valence-corrected chi connectivity index (χ2v) is 3.82. The van der Waals surface area contributed by atoms with Crippen molar-refractivity contribution in [3.8, 4) is 10.7 Å². The van der Waals surface area contributed by atoms with Crippen LogP contribution in [-0.2, 0) is 4.74 Å². The van der Waals surface area contributed by atoms with Crippen LogP contribution in [0, 0.1) is 0 Å². The van der Waals surface area contributed by atoms with Gasteiger partial charge < -0.3 is 10.1 Å². The standard InChI is InChI=1S/C9H12N4OS/c1-14-4-2-10-8-6-7(12-13-8)9-11-3-5-15-9/h3,5-6H,2,4H2,1H3,(H2,10,12,13). The van der Waals surface area contributed by atoms with Gasteiger partial charge in [0.05, 0.1) is 12.3 Å². The third kappa shape index (κ3) is 2.54. The van der Waals surface area contributed by atoms with Crippen LogP contribution in [0.5, 0.6) is 0 Å². The molecule has 0 atom stereocenters. The summed E-state index contributed by atoms with van der Waals surface area (Å²) in [4.78, 5) is 4.19. The Balaban J connectivity index is 1.98. The van der Waals surface area contributed by atoms with Crippen LogP contribution < -0.4 is 5.32 Å². The van der Waals surface area contributed by atoms with E-state index in [4.69, 9.17) is 4.74 Å². The first-order valence-corrected chi connectivity index (χ1v) is 5.46. The van der Waals surface area contributed by atoms with Crippen molar-refractivity contribution < 1.29 is 4.74 Å². The molecule has 0 fully saturated rings. The molecule has 0 amide bonds. The number of hydrogen-bond acceptors (Lipinski definition) is 5. The summed E-state index contributed by atoms with van der Waals surface area (Å²) in [7, 11) is 1.67. The first kappa shape index (κ1) is 10.1. The first-order chi connectivity index (χ1) is 7.40. The highest BCUT2D eigenvalue weighted by molar-refractivity contribution is 7.13. The summed E-state index contributed by atoms with van der Waals surface area (Å²) in [6, 6.07) is 1.94. The smallest absolute Gasteiger partial charge is 0.148 e. The lowest BCUT2D eigenvalue weighted by Crippen LogP contribution is -2.07. The molecule has 0 radical (unpaired) electrons. The lowest BCUT2D eigenvalue weighted by atomic mass is 10.4. The van der Waals surface area contributed by atoms with E-state index in [0.29, 0.717) is 6.61 Å². The van der Waals surface area contributed by atoms with Crippen molar-refractivity contribution in [3.63, 3.8) is 0 Å². The van der Waals surface area contributed by atoms with Crippen LogP contribution in [0.3, 0.4) is 0 Å². The van der Waals surface area contributed by atoms with E-state index in [1.54, 1.807) is 24.6 Å². The van der Waals surface area contributed by atoms with Crippen molar-refractivity contribution in [2.45, 2.75) is 0 Å². The number of nitrogens with one attached hydrogen (secondary N) is 2. The fourth-order valence-electron chi connectivity index (χ4n) is 1.16. The molecule has 2 aromatic rings. The Kier molecular flexibility index (Phi) is 3.31. The summed E-state index contributed by atoms with van der Waals surface area (Å²) in [5, 5.41) is 13.1. The molecule has 2 heterocycles. The van der Waals surface area contributed by atoms with E-state index >= 15 is 0 Å². The van der Waals surface area contributed by atoms with Gasteiger partial charge in [-0.1, -0.05) is 0 Å². The van der Waals surface area contributed by atoms with Crippen LogP contribution in [0.4, 0.5) is 5.82 Å². The first-order valence-electron chi connectivity index (χ1n) is 4.58. The summed E-state index contributed by atoms with van der Waals surface area (Å²) in [6.45, 7) is 1.41. The van der Waals surface area contributed by atoms with Crippen LogP contribution in [0.1, 0.15) is 0 Å². The van der Waals surface area contributed by atoms with Gasteiger partial charge in [-0.3, -0.25) is 5.10 Å². The molecule has 6 heteroatoms. The molecule has 0 aliphatic carbocycles. The maximum atomic E-state index is 4.93. The Morgan fingerprint density at radius 1 is 1.60 bits per heavy atom. The summed E-state index contributed by atoms with van der Waals surface area (Å²) in [6.07, 6.45) is 1.78. The average molecular weight is 224 g/mol. The second-order valence-electron chi connectivity index (χ2n) is 2.92. The lowest BCUT2D eigenvalue weighted by Gasteiger charge is -1.99. The van der Waals surface area contributed by atoms with Crippen molar-refractivity contribution in [3.05, 3.63) is 17.6 Å². The van der Waals surface area contributed by atoms with E-state index in [1.807, 2.05) is 11.4 Å². The van der Waals surface area contributed by atoms with E-state index < -0.39 is 0 Å². The second kappa shape index (κ2) is 4.90. The van der Waals surface area contributed by atoms with Crippen molar-refractivity contribution in [1.82, 2.24) is 15.2 Å². The van der Waals surface area contributed by atoms with Crippen LogP contribution >= 0.6 is 11.3 Å². The topological polar surface area (TPSA) is 62.8 Å². The van der Waals surface area contributed by atoms with Gasteiger partial charge in [0.2, 0.25) is 0 Å². The van der Waals surface area contributed by atoms with Gasteiger partial charge in [-0.15, -0.1) is 11.3 Å². The molecule has 15 heavy (non-hydrogen) atoms. The highest BCUT2D eigenvalue weighted by atomic mass is 32.1. The number of ether oxygens (including phenoxy) is 1. The molecule has 0 saturated heterocycles. The molecule has 2 aromatic heterocycles. The molecular formula is C9H12N4OS. The number of nitrogens with zero attached hydrogens (tertiary/aromatic N) is 2. The maximum Gasteiger partial charge on any atom is 0.148 e. The Labute approximate surface area is 91.5 Å². The minimum absolute atomic E-state index is 0.666. The van der Waals surface area contributed by atoms with Crippen molar-refractivity contribution in [2.24, 2.45) is 0 Å². The molecule has 2 rings (SSSR count). The molecule has 80 valence electrons. The Morgan fingerprint density at radius 3 is 3.27 bits per heavy atom. The monoisotopic (exact) mass is 224 g/mol. The predicted octanol–water partition coefficient (Wildman–Crippen LogP) is 1.59. The number of hydrogen-bond donors (Lipinski definition) is 2. The molecule has 0 spiro atoms. The van der Waals surface area contributed by atoms with Crippen LogP contribution in [0.15, 0.2) is 17.6 Å². The third-order valence-electron chi connectivity index (χ3n) is 1.85. The van der Waals surface area contributed by atoms with Gasteiger partial charge >= 0.3 is 0 Å². The molecular weight excluding hydrogens is 212 g/mol. The van der Waals surface area contributed by atoms with E-state index in [2.05, 4.69) is 20.5 Å². The number of H-pyrrole nitrogens is 1. The van der Waals surface area contributed by atoms with Crippen LogP contribution in [0.25, 0.3) is 10.7 Å². The Bertz CT molecular complexity index is 398. The molecule has 5 nitrogen and oxygen atoms in total. The zero-order valence-electron chi connectivity index (χ0n) is 8.36. The van der Waals surface area contributed by atoms with Gasteiger partial charge in [-0.05, 0) is 0 Å². The molecule has 0 aromatic carbocycles. The highest BCUT2D eigenvalue weighted by Crippen LogP contribution is 2.21. The molecule has 0 saturated carbocycles. The number of aromatic nitrogens is 3. The fourth-order valence-corrected chi connectivity index (χ4v) is 1.76. The normalized spacial score (nSPS) is 10.5. The van der Waals surface area contributed by atoms with Gasteiger partial charge in [-0.2, -0.15) is 5.10 Å². The predicted molar refractivity (Wildman–Crippen MR) is 60.1 cm³/mol. The minimum atomic E-state index is 0.666. The molecule has 0 aliphatic rings. The summed E-state index contributed by atoms with van der Waals surface area (Å²) in [5.74, 6) is 0.817. The van der Waals surface area contributed by atoms with Gasteiger partial charge in [0.1, 0.15) is 10.8 Å². The number of anilines is 1. The average Bonchev–Trinajstić information content (AvgIpc) is 2.87. The zero-order valence-corrected chi connectivity index (χ0v) is 9.17. The molecule has 0 unspecified atom stereocenters. The van der Waals surface area contributed by atoms with Crippen molar-refractivity contribution in [1.29, 1.82) is 0 Å². The van der Waals surface area contributed by atoms with E-state index in [1.165, 1.54) is 0 Å². The van der Waals surface area contributed by atoms with Crippen LogP contribution in [-0.4, -0.2) is 35.4 Å². The fraction of sp³-hybridized carbons (Fsp3) is 0.333. The minimum Gasteiger partial charge on any atom is -0.383 e. The number of thiazole rings is 1. The SMILES string of the molecule is COCCNc1cc(-c2nccs2)[nH]n1. The molecule has 0 bridgehead atoms. The Morgan fingerprint density at radius 2 is 2.53 bits per heavy atom. The lowest BCUT2D eigenvalue weighted by molar-refractivity contribution is 0.210. The largest absolute Gasteiger partial charge is 0.383 e. The third-order valence-corrected chi connectivity index (χ3v) is 2.66. The zero-order chi connectivity index (χ0) is 10.5. The molecule has 2 N–H and O–H groups in total. The number of methoxy groups -OCH3 is 1.